The van der Waals surface area contributed by atoms with Gasteiger partial charge < -0.3 is 24.8 Å². The highest BCUT2D eigenvalue weighted by atomic mass is 19.1. The molecule has 1 aromatic rings. The Morgan fingerprint density at radius 2 is 1.71 bits per heavy atom. The Morgan fingerprint density at radius 1 is 1.05 bits per heavy atom. The molecule has 3 rings (SSSR count). The van der Waals surface area contributed by atoms with E-state index in [4.69, 9.17) is 14.2 Å². The number of carbonyl (C=O) groups is 3. The van der Waals surface area contributed by atoms with E-state index in [9.17, 15) is 18.8 Å². The van der Waals surface area contributed by atoms with Crippen LogP contribution in [-0.4, -0.2) is 56.6 Å². The van der Waals surface area contributed by atoms with E-state index in [1.807, 2.05) is 27.7 Å². The summed E-state index contributed by atoms with van der Waals surface area (Å²) in [6.45, 7) is 10.2. The van der Waals surface area contributed by atoms with Crippen LogP contribution in [0.5, 0.6) is 11.5 Å². The van der Waals surface area contributed by atoms with E-state index in [0.717, 1.165) is 6.07 Å². The van der Waals surface area contributed by atoms with Gasteiger partial charge in [0, 0.05) is 31.2 Å². The van der Waals surface area contributed by atoms with E-state index in [2.05, 4.69) is 10.6 Å². The third-order valence-electron chi connectivity index (χ3n) is 7.98. The number of amides is 2. The van der Waals surface area contributed by atoms with E-state index >= 15 is 0 Å². The van der Waals surface area contributed by atoms with Gasteiger partial charge in [0.2, 0.25) is 5.91 Å². The van der Waals surface area contributed by atoms with Crippen molar-refractivity contribution in [1.82, 2.24) is 10.6 Å². The molecular weight excluding hydrogens is 491 g/mol. The normalized spacial score (nSPS) is 27.5. The number of carbonyl (C=O) groups excluding carboxylic acids is 3. The highest BCUT2D eigenvalue weighted by Gasteiger charge is 2.41. The van der Waals surface area contributed by atoms with Crippen LogP contribution in [0, 0.1) is 22.6 Å². The molecule has 2 fully saturated rings. The number of benzene rings is 1. The minimum Gasteiger partial charge on any atom is -0.496 e. The number of rotatable bonds is 9. The zero-order valence-corrected chi connectivity index (χ0v) is 23.7. The molecule has 2 amide bonds. The molecule has 0 heterocycles. The molecule has 0 radical (unpaired) electrons. The molecule has 212 valence electrons. The minimum atomic E-state index is -0.627. The number of hydrogen-bond donors (Lipinski definition) is 2. The Morgan fingerprint density at radius 3 is 2.26 bits per heavy atom. The van der Waals surface area contributed by atoms with Gasteiger partial charge in [0.1, 0.15) is 11.5 Å². The smallest absolute Gasteiger partial charge is 0.255 e. The highest BCUT2D eigenvalue weighted by molar-refractivity contribution is 5.98. The van der Waals surface area contributed by atoms with Crippen molar-refractivity contribution in [3.8, 4) is 11.5 Å². The van der Waals surface area contributed by atoms with Crippen LogP contribution in [0.1, 0.15) is 83.5 Å². The molecule has 38 heavy (non-hydrogen) atoms. The topological polar surface area (TPSA) is 103 Å². The molecule has 0 aliphatic heterocycles. The maximum Gasteiger partial charge on any atom is 0.255 e. The summed E-state index contributed by atoms with van der Waals surface area (Å²) in [5, 5.41) is 5.95. The van der Waals surface area contributed by atoms with Gasteiger partial charge in [-0.25, -0.2) is 4.39 Å². The second-order valence-corrected chi connectivity index (χ2v) is 12.2. The largest absolute Gasteiger partial charge is 0.496 e. The van der Waals surface area contributed by atoms with E-state index in [-0.39, 0.29) is 51.8 Å². The average molecular weight is 535 g/mol. The van der Waals surface area contributed by atoms with Crippen molar-refractivity contribution in [1.29, 1.82) is 0 Å². The predicted octanol–water partition coefficient (Wildman–Crippen LogP) is 4.44. The van der Waals surface area contributed by atoms with Gasteiger partial charge in [-0.1, -0.05) is 27.7 Å². The first-order valence-electron chi connectivity index (χ1n) is 13.4. The van der Waals surface area contributed by atoms with Crippen molar-refractivity contribution in [3.63, 3.8) is 0 Å². The highest BCUT2D eigenvalue weighted by Crippen LogP contribution is 2.39. The van der Waals surface area contributed by atoms with Crippen LogP contribution in [0.25, 0.3) is 0 Å². The molecule has 1 aromatic carbocycles. The van der Waals surface area contributed by atoms with Crippen LogP contribution in [0.2, 0.25) is 0 Å². The second kappa shape index (κ2) is 12.0. The van der Waals surface area contributed by atoms with E-state index < -0.39 is 23.7 Å². The average Bonchev–Trinajstić information content (AvgIpc) is 3.27. The maximum atomic E-state index is 14.9. The molecule has 2 aliphatic rings. The molecule has 2 N–H and O–H groups in total. The van der Waals surface area contributed by atoms with Gasteiger partial charge in [0.15, 0.2) is 11.6 Å². The summed E-state index contributed by atoms with van der Waals surface area (Å²) in [6.07, 6.45) is 3.13. The Bertz CT molecular complexity index is 1030. The fourth-order valence-electron chi connectivity index (χ4n) is 5.21. The van der Waals surface area contributed by atoms with Crippen molar-refractivity contribution in [3.05, 3.63) is 23.5 Å². The zero-order chi connectivity index (χ0) is 28.3. The van der Waals surface area contributed by atoms with Gasteiger partial charge in [-0.2, -0.15) is 0 Å². The lowest BCUT2D eigenvalue weighted by Gasteiger charge is -2.35. The molecular formula is C29H43FN2O6. The molecule has 0 unspecified atom stereocenters. The summed E-state index contributed by atoms with van der Waals surface area (Å²) in [7, 11) is 2.96. The van der Waals surface area contributed by atoms with Gasteiger partial charge in [-0.15, -0.1) is 0 Å². The number of ether oxygens (including phenoxy) is 3. The van der Waals surface area contributed by atoms with E-state index in [1.54, 1.807) is 14.0 Å². The molecule has 2 saturated carbocycles. The molecule has 0 aromatic heterocycles. The second-order valence-electron chi connectivity index (χ2n) is 12.2. The van der Waals surface area contributed by atoms with Crippen molar-refractivity contribution in [2.75, 3.05) is 20.8 Å². The number of halogens is 1. The monoisotopic (exact) mass is 534 g/mol. The Hall–Kier alpha value is -2.68. The van der Waals surface area contributed by atoms with Gasteiger partial charge in [0.25, 0.3) is 5.91 Å². The SMILES string of the molecule is COc1cc(F)c(O[C@H]2CC[C@@](C)(C(C)=O)CC2)cc1C(=O)N[C@@H]1C[C@@H](OC)C[C@@H]1C(=O)NCC(C)(C)C. The van der Waals surface area contributed by atoms with Gasteiger partial charge in [-0.05, 0) is 56.9 Å². The molecule has 2 aliphatic carbocycles. The number of ketones is 1. The Kier molecular flexibility index (Phi) is 9.44. The summed E-state index contributed by atoms with van der Waals surface area (Å²) < 4.78 is 31.7. The number of hydrogen-bond acceptors (Lipinski definition) is 6. The number of nitrogens with one attached hydrogen (secondary N) is 2. The van der Waals surface area contributed by atoms with Crippen molar-refractivity contribution in [2.45, 2.75) is 91.4 Å². The molecule has 0 saturated heterocycles. The van der Waals surface area contributed by atoms with Crippen molar-refractivity contribution >= 4 is 17.6 Å². The fraction of sp³-hybridized carbons (Fsp3) is 0.690. The van der Waals surface area contributed by atoms with Crippen LogP contribution in [0.15, 0.2) is 12.1 Å². The van der Waals surface area contributed by atoms with Crippen molar-refractivity contribution < 1.29 is 33.0 Å². The molecule has 0 spiro atoms. The lowest BCUT2D eigenvalue weighted by molar-refractivity contribution is -0.128. The molecule has 9 heteroatoms. The fourth-order valence-corrected chi connectivity index (χ4v) is 5.21. The third-order valence-corrected chi connectivity index (χ3v) is 7.98. The molecule has 3 atom stereocenters. The van der Waals surface area contributed by atoms with Crippen LogP contribution >= 0.6 is 0 Å². The standard InChI is InChI=1S/C29H43FN2O6/c1-17(33)29(5)10-8-18(9-11-29)38-25-14-21(24(37-7)15-22(25)30)27(35)32-23-13-19(36-6)12-20(23)26(34)31-16-28(2,3)4/h14-15,18-20,23H,8-13,16H2,1-7H3,(H,31,34)(H,32,35)/t18-,19-,20-,23+,29+/m0/s1. The van der Waals surface area contributed by atoms with E-state index in [0.29, 0.717) is 45.1 Å². The summed E-state index contributed by atoms with van der Waals surface area (Å²) >= 11 is 0. The lowest BCUT2D eigenvalue weighted by Crippen LogP contribution is -2.45. The number of Topliss-reactive ketones (excluding diaryl/α,β-unsaturated/α-hetero) is 1. The number of methoxy groups -OCH3 is 2. The van der Waals surface area contributed by atoms with Crippen LogP contribution in [0.3, 0.4) is 0 Å². The zero-order valence-electron chi connectivity index (χ0n) is 23.7. The Labute approximate surface area is 225 Å². The lowest BCUT2D eigenvalue weighted by atomic mass is 9.72. The molecule has 8 nitrogen and oxygen atoms in total. The first-order valence-corrected chi connectivity index (χ1v) is 13.4. The first-order chi connectivity index (χ1) is 17.8. The minimum absolute atomic E-state index is 0.0342. The summed E-state index contributed by atoms with van der Waals surface area (Å²) in [5.41, 5.74) is -0.322. The van der Waals surface area contributed by atoms with E-state index in [1.165, 1.54) is 13.2 Å². The summed E-state index contributed by atoms with van der Waals surface area (Å²) in [6, 6.07) is 2.06. The Balaban J connectivity index is 1.75. The van der Waals surface area contributed by atoms with Gasteiger partial charge in [0.05, 0.1) is 30.8 Å². The first kappa shape index (κ1) is 29.9. The predicted molar refractivity (Wildman–Crippen MR) is 142 cm³/mol. The van der Waals surface area contributed by atoms with Crippen LogP contribution in [-0.2, 0) is 14.3 Å². The van der Waals surface area contributed by atoms with Crippen LogP contribution in [0.4, 0.5) is 4.39 Å². The van der Waals surface area contributed by atoms with Crippen molar-refractivity contribution in [2.24, 2.45) is 16.7 Å². The van der Waals surface area contributed by atoms with Gasteiger partial charge >= 0.3 is 0 Å². The summed E-state index contributed by atoms with van der Waals surface area (Å²) in [4.78, 5) is 38.3. The molecule has 0 bridgehead atoms. The third kappa shape index (κ3) is 7.24. The maximum absolute atomic E-state index is 14.9. The van der Waals surface area contributed by atoms with Crippen LogP contribution < -0.4 is 20.1 Å². The summed E-state index contributed by atoms with van der Waals surface area (Å²) in [5.74, 6) is -1.49. The van der Waals surface area contributed by atoms with Gasteiger partial charge in [-0.3, -0.25) is 14.4 Å². The quantitative estimate of drug-likeness (QED) is 0.486.